The van der Waals surface area contributed by atoms with Gasteiger partial charge in [-0.3, -0.25) is 9.59 Å². The molecule has 2 rings (SSSR count). The zero-order valence-electron chi connectivity index (χ0n) is 15.2. The Morgan fingerprint density at radius 2 is 1.84 bits per heavy atom. The van der Waals surface area contributed by atoms with Crippen LogP contribution in [-0.2, 0) is 9.59 Å². The molecule has 0 saturated heterocycles. The number of rotatable bonds is 7. The van der Waals surface area contributed by atoms with E-state index in [1.54, 1.807) is 0 Å². The van der Waals surface area contributed by atoms with E-state index in [2.05, 4.69) is 0 Å². The molecule has 136 valence electrons. The maximum Gasteiger partial charge on any atom is 0.290 e. The van der Waals surface area contributed by atoms with Crippen molar-refractivity contribution in [1.29, 1.82) is 0 Å². The fourth-order valence-corrected chi connectivity index (χ4v) is 3.06. The first-order valence-corrected chi connectivity index (χ1v) is 8.43. The molecule has 1 atom stereocenters. The Hall–Kier alpha value is -2.34. The van der Waals surface area contributed by atoms with Crippen molar-refractivity contribution in [3.63, 3.8) is 0 Å². The molecule has 6 nitrogen and oxygen atoms in total. The van der Waals surface area contributed by atoms with Crippen molar-refractivity contribution in [2.24, 2.45) is 5.92 Å². The van der Waals surface area contributed by atoms with Gasteiger partial charge in [-0.2, -0.15) is 0 Å². The highest BCUT2D eigenvalue weighted by molar-refractivity contribution is 6.09. The monoisotopic (exact) mass is 346 g/mol. The molecular formula is C19H26N2O4. The first-order valence-electron chi connectivity index (χ1n) is 8.43. The van der Waals surface area contributed by atoms with Crippen LogP contribution in [0.3, 0.4) is 0 Å². The maximum absolute atomic E-state index is 12.7. The summed E-state index contributed by atoms with van der Waals surface area (Å²) < 4.78 is 0. The van der Waals surface area contributed by atoms with E-state index in [1.165, 1.54) is 4.90 Å². The third-order valence-electron chi connectivity index (χ3n) is 4.26. The van der Waals surface area contributed by atoms with Gasteiger partial charge in [0.15, 0.2) is 11.5 Å². The number of carbonyl (C=O) groups excluding carboxylic acids is 2. The molecule has 1 aromatic carbocycles. The Bertz CT molecular complexity index is 677. The average Bonchev–Trinajstić information content (AvgIpc) is 2.79. The van der Waals surface area contributed by atoms with Crippen LogP contribution < -0.4 is 4.90 Å². The van der Waals surface area contributed by atoms with Crippen LogP contribution in [-0.4, -0.2) is 54.1 Å². The summed E-state index contributed by atoms with van der Waals surface area (Å²) in [7, 11) is 3.85. The summed E-state index contributed by atoms with van der Waals surface area (Å²) in [6.45, 7) is 3.65. The number of hydrogen-bond donors (Lipinski definition) is 2. The molecule has 1 unspecified atom stereocenters. The van der Waals surface area contributed by atoms with Crippen LogP contribution in [0.5, 0.6) is 0 Å². The van der Waals surface area contributed by atoms with Crippen LogP contribution in [0.2, 0.25) is 0 Å². The number of anilines is 1. The van der Waals surface area contributed by atoms with Gasteiger partial charge >= 0.3 is 0 Å². The number of carbonyl (C=O) groups is 2. The molecule has 1 aliphatic rings. The van der Waals surface area contributed by atoms with Crippen LogP contribution in [0.25, 0.3) is 0 Å². The van der Waals surface area contributed by atoms with E-state index >= 15 is 0 Å². The lowest BCUT2D eigenvalue weighted by molar-refractivity contribution is -0.129. The molecule has 0 aromatic heterocycles. The van der Waals surface area contributed by atoms with Crippen LogP contribution in [0.4, 0.5) is 5.69 Å². The summed E-state index contributed by atoms with van der Waals surface area (Å²) in [5.74, 6) is -1.22. The standard InChI is InChI=1S/C19H26N2O4/c1-12(2)11-15(23)16-17(21(9-10-22)19(25)18(16)24)13-5-7-14(8-6-13)20(3)4/h5-8,12,17,22,24H,9-11H2,1-4H3. The number of Topliss-reactive ketones (excluding diaryl/α,β-unsaturated/α-hetero) is 1. The molecular weight excluding hydrogens is 320 g/mol. The fraction of sp³-hybridized carbons (Fsp3) is 0.474. The van der Waals surface area contributed by atoms with Crippen LogP contribution in [0.15, 0.2) is 35.6 Å². The topological polar surface area (TPSA) is 81.1 Å². The Morgan fingerprint density at radius 3 is 2.32 bits per heavy atom. The Kier molecular flexibility index (Phi) is 5.85. The van der Waals surface area contributed by atoms with Gasteiger partial charge in [-0.15, -0.1) is 0 Å². The first kappa shape index (κ1) is 19.0. The van der Waals surface area contributed by atoms with Crippen LogP contribution >= 0.6 is 0 Å². The molecule has 0 saturated carbocycles. The van der Waals surface area contributed by atoms with Crippen molar-refractivity contribution in [1.82, 2.24) is 4.90 Å². The summed E-state index contributed by atoms with van der Waals surface area (Å²) in [4.78, 5) is 28.4. The highest BCUT2D eigenvalue weighted by Gasteiger charge is 2.42. The summed E-state index contributed by atoms with van der Waals surface area (Å²) in [5.41, 5.74) is 1.86. The Labute approximate surface area is 148 Å². The largest absolute Gasteiger partial charge is 0.503 e. The van der Waals surface area contributed by atoms with Crippen molar-refractivity contribution in [3.8, 4) is 0 Å². The minimum absolute atomic E-state index is 0.0570. The molecule has 0 aliphatic carbocycles. The molecule has 1 amide bonds. The van der Waals surface area contributed by atoms with Gasteiger partial charge in [0.2, 0.25) is 0 Å². The molecule has 6 heteroatoms. The van der Waals surface area contributed by atoms with Crippen molar-refractivity contribution in [2.45, 2.75) is 26.3 Å². The third kappa shape index (κ3) is 3.85. The van der Waals surface area contributed by atoms with E-state index in [0.29, 0.717) is 0 Å². The summed E-state index contributed by atoms with van der Waals surface area (Å²) in [6, 6.07) is 6.83. The van der Waals surface area contributed by atoms with E-state index in [0.717, 1.165) is 11.3 Å². The van der Waals surface area contributed by atoms with E-state index < -0.39 is 17.7 Å². The summed E-state index contributed by atoms with van der Waals surface area (Å²) in [5, 5.41) is 19.6. The number of hydrogen-bond acceptors (Lipinski definition) is 5. The molecule has 0 radical (unpaired) electrons. The molecule has 0 fully saturated rings. The lowest BCUT2D eigenvalue weighted by Gasteiger charge is -2.26. The SMILES string of the molecule is CC(C)CC(=O)C1=C(O)C(=O)N(CCO)C1c1ccc(N(C)C)cc1. The molecule has 1 aromatic rings. The smallest absolute Gasteiger partial charge is 0.290 e. The number of β-amino-alcohol motifs (C(OH)–C–C–N with tert-alkyl or cyclic N) is 1. The molecule has 0 spiro atoms. The van der Waals surface area contributed by atoms with Crippen molar-refractivity contribution < 1.29 is 19.8 Å². The predicted octanol–water partition coefficient (Wildman–Crippen LogP) is 2.06. The molecule has 2 N–H and O–H groups in total. The number of nitrogens with zero attached hydrogens (tertiary/aromatic N) is 2. The molecule has 1 aliphatic heterocycles. The van der Waals surface area contributed by atoms with Crippen molar-refractivity contribution in [3.05, 3.63) is 41.2 Å². The number of benzene rings is 1. The predicted molar refractivity (Wildman–Crippen MR) is 96.4 cm³/mol. The van der Waals surface area contributed by atoms with Gasteiger partial charge in [0.25, 0.3) is 5.91 Å². The van der Waals surface area contributed by atoms with Gasteiger partial charge in [0, 0.05) is 32.7 Å². The second-order valence-corrected chi connectivity index (χ2v) is 6.89. The lowest BCUT2D eigenvalue weighted by atomic mass is 9.92. The zero-order valence-corrected chi connectivity index (χ0v) is 15.2. The van der Waals surface area contributed by atoms with E-state index in [-0.39, 0.29) is 36.8 Å². The van der Waals surface area contributed by atoms with Gasteiger partial charge in [-0.1, -0.05) is 26.0 Å². The normalized spacial score (nSPS) is 17.6. The highest BCUT2D eigenvalue weighted by Crippen LogP contribution is 2.38. The van der Waals surface area contributed by atoms with Gasteiger partial charge < -0.3 is 20.0 Å². The maximum atomic E-state index is 12.7. The van der Waals surface area contributed by atoms with Gasteiger partial charge in [-0.25, -0.2) is 0 Å². The first-order chi connectivity index (χ1) is 11.8. The number of ketones is 1. The fourth-order valence-electron chi connectivity index (χ4n) is 3.06. The second kappa shape index (κ2) is 7.70. The van der Waals surface area contributed by atoms with Gasteiger partial charge in [-0.05, 0) is 23.6 Å². The average molecular weight is 346 g/mol. The van der Waals surface area contributed by atoms with E-state index in [1.807, 2.05) is 57.1 Å². The quantitative estimate of drug-likeness (QED) is 0.790. The molecule has 0 bridgehead atoms. The second-order valence-electron chi connectivity index (χ2n) is 6.89. The minimum Gasteiger partial charge on any atom is -0.503 e. The van der Waals surface area contributed by atoms with Crippen molar-refractivity contribution in [2.75, 3.05) is 32.1 Å². The van der Waals surface area contributed by atoms with Crippen LogP contribution in [0, 0.1) is 5.92 Å². The number of aliphatic hydroxyl groups excluding tert-OH is 2. The summed E-state index contributed by atoms with van der Waals surface area (Å²) >= 11 is 0. The highest BCUT2D eigenvalue weighted by atomic mass is 16.3. The van der Waals surface area contributed by atoms with E-state index in [4.69, 9.17) is 0 Å². The summed E-state index contributed by atoms with van der Waals surface area (Å²) in [6.07, 6.45) is 0.256. The number of aliphatic hydroxyl groups is 2. The number of amides is 1. The Morgan fingerprint density at radius 1 is 1.24 bits per heavy atom. The lowest BCUT2D eigenvalue weighted by Crippen LogP contribution is -2.33. The third-order valence-corrected chi connectivity index (χ3v) is 4.26. The van der Waals surface area contributed by atoms with Gasteiger partial charge in [0.05, 0.1) is 18.2 Å². The van der Waals surface area contributed by atoms with Crippen LogP contribution in [0.1, 0.15) is 31.9 Å². The van der Waals surface area contributed by atoms with E-state index in [9.17, 15) is 19.8 Å². The zero-order chi connectivity index (χ0) is 18.7. The molecule has 25 heavy (non-hydrogen) atoms. The van der Waals surface area contributed by atoms with Gasteiger partial charge in [0.1, 0.15) is 0 Å². The Balaban J connectivity index is 2.46. The molecule has 1 heterocycles. The van der Waals surface area contributed by atoms with Crippen molar-refractivity contribution >= 4 is 17.4 Å². The minimum atomic E-state index is -0.665.